The molecule has 9 heteroatoms. The van der Waals surface area contributed by atoms with Crippen molar-refractivity contribution in [1.29, 1.82) is 0 Å². The summed E-state index contributed by atoms with van der Waals surface area (Å²) in [5.41, 5.74) is 0. The largest absolute Gasteiger partial charge is 0.472 e. The third-order valence-electron chi connectivity index (χ3n) is 12.1. The summed E-state index contributed by atoms with van der Waals surface area (Å²) in [7, 11) is 1.63. The van der Waals surface area contributed by atoms with E-state index < -0.39 is 20.0 Å². The number of unbranched alkanes of at least 4 members (excludes halogenated alkanes) is 35. The molecule has 0 heterocycles. The molecule has 0 spiro atoms. The second-order valence-electron chi connectivity index (χ2n) is 19.3. The molecule has 0 aromatic heterocycles. The van der Waals surface area contributed by atoms with Crippen LogP contribution in [-0.2, 0) is 18.4 Å². The molecule has 0 aliphatic carbocycles. The maximum Gasteiger partial charge on any atom is 0.472 e. The van der Waals surface area contributed by atoms with Crippen LogP contribution in [0.2, 0.25) is 0 Å². The number of phosphoric acid groups is 1. The number of amides is 1. The molecule has 0 aliphatic rings. The Bertz CT molecular complexity index is 932. The van der Waals surface area contributed by atoms with Gasteiger partial charge in [0.2, 0.25) is 5.91 Å². The molecule has 0 aliphatic heterocycles. The van der Waals surface area contributed by atoms with Crippen molar-refractivity contribution in [1.82, 2.24) is 5.32 Å². The van der Waals surface area contributed by atoms with E-state index >= 15 is 0 Å². The molecule has 0 aromatic rings. The highest BCUT2D eigenvalue weighted by atomic mass is 31.2. The van der Waals surface area contributed by atoms with Crippen molar-refractivity contribution in [2.24, 2.45) is 0 Å². The van der Waals surface area contributed by atoms with Gasteiger partial charge >= 0.3 is 7.82 Å². The number of nitrogens with one attached hydrogen (secondary N) is 1. The zero-order valence-electron chi connectivity index (χ0n) is 40.3. The van der Waals surface area contributed by atoms with Crippen LogP contribution >= 0.6 is 7.82 Å². The average molecular weight is 860 g/mol. The molecule has 3 atom stereocenters. The van der Waals surface area contributed by atoms with Crippen LogP contribution in [0.4, 0.5) is 0 Å². The van der Waals surface area contributed by atoms with Crippen LogP contribution < -0.4 is 5.32 Å². The van der Waals surface area contributed by atoms with Gasteiger partial charge in [-0.05, 0) is 12.8 Å². The number of quaternary nitrogens is 1. The number of likely N-dealkylation sites (N-methyl/N-ethyl adjacent to an activating group) is 1. The Morgan fingerprint density at radius 2 is 0.814 bits per heavy atom. The fourth-order valence-corrected chi connectivity index (χ4v) is 8.73. The van der Waals surface area contributed by atoms with Crippen LogP contribution in [-0.4, -0.2) is 73.4 Å². The van der Waals surface area contributed by atoms with Crippen LogP contribution in [0.3, 0.4) is 0 Å². The number of phosphoric ester groups is 1. The number of nitrogens with zero attached hydrogens (tertiary/aromatic N) is 1. The van der Waals surface area contributed by atoms with Gasteiger partial charge in [-0.3, -0.25) is 13.8 Å². The van der Waals surface area contributed by atoms with Crippen LogP contribution in [0.1, 0.15) is 264 Å². The van der Waals surface area contributed by atoms with E-state index in [-0.39, 0.29) is 19.1 Å². The van der Waals surface area contributed by atoms with Crippen molar-refractivity contribution < 1.29 is 32.9 Å². The monoisotopic (exact) mass is 860 g/mol. The van der Waals surface area contributed by atoms with Crippen LogP contribution in [0.5, 0.6) is 0 Å². The molecule has 3 N–H and O–H groups in total. The number of carbonyl (C=O) groups excluding carboxylic acids is 1. The average Bonchev–Trinajstić information content (AvgIpc) is 3.19. The van der Waals surface area contributed by atoms with Crippen molar-refractivity contribution in [3.05, 3.63) is 0 Å². The summed E-state index contributed by atoms with van der Waals surface area (Å²) in [5.74, 6) is -0.148. The zero-order valence-corrected chi connectivity index (χ0v) is 41.2. The summed E-state index contributed by atoms with van der Waals surface area (Å²) in [6, 6.07) is -0.752. The maximum atomic E-state index is 12.8. The standard InChI is InChI=1S/C50H103N2O6P/c1-6-8-10-12-14-15-16-17-18-19-20-21-22-23-24-25-26-27-28-29-30-31-32-33-34-35-36-38-39-41-43-49(53)48(47-58-59(55,56)57-46-45-52(3,4)5)51-50(54)44-42-40-37-13-11-9-7-2/h48-49,53H,6-47H2,1-5H3,(H-,51,54,55,56)/p+1. The van der Waals surface area contributed by atoms with E-state index in [1.54, 1.807) is 0 Å². The van der Waals surface area contributed by atoms with Gasteiger partial charge in [0.1, 0.15) is 13.2 Å². The van der Waals surface area contributed by atoms with Gasteiger partial charge in [0, 0.05) is 6.42 Å². The van der Waals surface area contributed by atoms with E-state index in [9.17, 15) is 19.4 Å². The summed E-state index contributed by atoms with van der Waals surface area (Å²) in [6.45, 7) is 4.87. The van der Waals surface area contributed by atoms with Crippen LogP contribution in [0, 0.1) is 0 Å². The van der Waals surface area contributed by atoms with E-state index in [0.717, 1.165) is 38.5 Å². The highest BCUT2D eigenvalue weighted by Gasteiger charge is 2.28. The summed E-state index contributed by atoms with van der Waals surface area (Å²) in [6.07, 6.45) is 49.0. The number of aliphatic hydroxyl groups excluding tert-OH is 1. The van der Waals surface area contributed by atoms with Gasteiger partial charge in [0.05, 0.1) is 39.9 Å². The number of carbonyl (C=O) groups is 1. The quantitative estimate of drug-likeness (QED) is 0.0320. The van der Waals surface area contributed by atoms with Gasteiger partial charge in [-0.1, -0.05) is 245 Å². The van der Waals surface area contributed by atoms with Crippen molar-refractivity contribution in [3.63, 3.8) is 0 Å². The molecule has 3 unspecified atom stereocenters. The van der Waals surface area contributed by atoms with Gasteiger partial charge in [-0.25, -0.2) is 4.57 Å². The first kappa shape index (κ1) is 58.5. The molecule has 59 heavy (non-hydrogen) atoms. The van der Waals surface area contributed by atoms with E-state index in [4.69, 9.17) is 9.05 Å². The predicted octanol–water partition coefficient (Wildman–Crippen LogP) is 14.9. The SMILES string of the molecule is CCCCCCCCCCCCCCCCCCCCCCCCCCCCCCCCC(O)C(COP(=O)(O)OCC[N+](C)(C)C)NC(=O)CCCCCCCCC. The molecule has 0 fully saturated rings. The van der Waals surface area contributed by atoms with Crippen molar-refractivity contribution in [3.8, 4) is 0 Å². The number of hydrogen-bond donors (Lipinski definition) is 3. The minimum Gasteiger partial charge on any atom is -0.391 e. The Kier molecular flexibility index (Phi) is 42.4. The number of rotatable bonds is 48. The number of hydrogen-bond acceptors (Lipinski definition) is 5. The van der Waals surface area contributed by atoms with Gasteiger partial charge in [-0.15, -0.1) is 0 Å². The lowest BCUT2D eigenvalue weighted by molar-refractivity contribution is -0.870. The molecule has 8 nitrogen and oxygen atoms in total. The first-order valence-electron chi connectivity index (χ1n) is 25.9. The molecule has 1 amide bonds. The van der Waals surface area contributed by atoms with Crippen molar-refractivity contribution in [2.45, 2.75) is 276 Å². The molecular formula is C50H104N2O6P+. The van der Waals surface area contributed by atoms with Crippen LogP contribution in [0.15, 0.2) is 0 Å². The molecule has 0 saturated heterocycles. The molecular weight excluding hydrogens is 756 g/mol. The summed E-state index contributed by atoms with van der Waals surface area (Å²) >= 11 is 0. The second kappa shape index (κ2) is 42.8. The smallest absolute Gasteiger partial charge is 0.391 e. The molecule has 0 radical (unpaired) electrons. The third kappa shape index (κ3) is 45.3. The topological polar surface area (TPSA) is 105 Å². The Morgan fingerprint density at radius 3 is 1.14 bits per heavy atom. The van der Waals surface area contributed by atoms with E-state index in [1.165, 1.54) is 199 Å². The predicted molar refractivity (Wildman–Crippen MR) is 254 cm³/mol. The lowest BCUT2D eigenvalue weighted by atomic mass is 10.0. The minimum absolute atomic E-state index is 0.0782. The Labute approximate surface area is 368 Å². The Morgan fingerprint density at radius 1 is 0.508 bits per heavy atom. The van der Waals surface area contributed by atoms with E-state index in [1.807, 2.05) is 21.1 Å². The molecule has 354 valence electrons. The molecule has 0 aromatic carbocycles. The highest BCUT2D eigenvalue weighted by Crippen LogP contribution is 2.43. The fourth-order valence-electron chi connectivity index (χ4n) is 7.99. The first-order chi connectivity index (χ1) is 28.5. The molecule has 0 saturated carbocycles. The van der Waals surface area contributed by atoms with Gasteiger partial charge < -0.3 is 19.8 Å². The van der Waals surface area contributed by atoms with E-state index in [2.05, 4.69) is 19.2 Å². The van der Waals surface area contributed by atoms with Crippen LogP contribution in [0.25, 0.3) is 0 Å². The lowest BCUT2D eigenvalue weighted by Gasteiger charge is -2.26. The minimum atomic E-state index is -4.30. The third-order valence-corrected chi connectivity index (χ3v) is 13.1. The number of aliphatic hydroxyl groups is 1. The molecule has 0 bridgehead atoms. The normalized spacial score (nSPS) is 14.1. The van der Waals surface area contributed by atoms with Gasteiger partial charge in [0.15, 0.2) is 0 Å². The highest BCUT2D eigenvalue weighted by molar-refractivity contribution is 7.47. The Hall–Kier alpha value is -0.500. The lowest BCUT2D eigenvalue weighted by Crippen LogP contribution is -2.46. The van der Waals surface area contributed by atoms with Gasteiger partial charge in [-0.2, -0.15) is 0 Å². The Balaban J connectivity index is 3.89. The second-order valence-corrected chi connectivity index (χ2v) is 20.7. The van der Waals surface area contributed by atoms with E-state index in [0.29, 0.717) is 23.9 Å². The summed E-state index contributed by atoms with van der Waals surface area (Å²) in [4.78, 5) is 23.0. The maximum absolute atomic E-state index is 12.8. The summed E-state index contributed by atoms with van der Waals surface area (Å²) in [5, 5.41) is 13.9. The van der Waals surface area contributed by atoms with Gasteiger partial charge in [0.25, 0.3) is 0 Å². The first-order valence-corrected chi connectivity index (χ1v) is 27.4. The zero-order chi connectivity index (χ0) is 43.6. The van der Waals surface area contributed by atoms with Crippen molar-refractivity contribution >= 4 is 13.7 Å². The van der Waals surface area contributed by atoms with Crippen molar-refractivity contribution in [2.75, 3.05) is 40.9 Å². The fraction of sp³-hybridized carbons (Fsp3) is 0.980. The summed E-state index contributed by atoms with van der Waals surface area (Å²) < 4.78 is 23.6. The molecule has 0 rings (SSSR count).